The molecule has 0 aromatic heterocycles. The summed E-state index contributed by atoms with van der Waals surface area (Å²) in [5, 5.41) is 23.3. The minimum absolute atomic E-state index is 0.0909. The first-order valence-electron chi connectivity index (χ1n) is 4.98. The zero-order chi connectivity index (χ0) is 10.4. The van der Waals surface area contributed by atoms with Crippen molar-refractivity contribution in [2.24, 2.45) is 5.92 Å². The summed E-state index contributed by atoms with van der Waals surface area (Å²) >= 11 is 0. The number of nitrogens with one attached hydrogen (secondary N) is 2. The third-order valence-electron chi connectivity index (χ3n) is 2.44. The van der Waals surface area contributed by atoms with E-state index in [1.54, 1.807) is 0 Å². The summed E-state index contributed by atoms with van der Waals surface area (Å²) in [6, 6.07) is -0.517. The summed E-state index contributed by atoms with van der Waals surface area (Å²) in [5.74, 6) is 0.305. The van der Waals surface area contributed by atoms with Gasteiger partial charge in [-0.3, -0.25) is 4.79 Å². The number of aliphatic hydroxyl groups excluding tert-OH is 2. The molecule has 1 unspecified atom stereocenters. The van der Waals surface area contributed by atoms with Gasteiger partial charge in [-0.15, -0.1) is 0 Å². The van der Waals surface area contributed by atoms with Crippen LogP contribution in [0, 0.1) is 5.92 Å². The number of hydrogen-bond acceptors (Lipinski definition) is 4. The van der Waals surface area contributed by atoms with Crippen molar-refractivity contribution in [1.29, 1.82) is 0 Å². The van der Waals surface area contributed by atoms with Crippen molar-refractivity contribution in [1.82, 2.24) is 10.6 Å². The molecule has 0 saturated carbocycles. The highest BCUT2D eigenvalue weighted by Gasteiger charge is 2.19. The van der Waals surface area contributed by atoms with Crippen LogP contribution in [0.4, 0.5) is 0 Å². The largest absolute Gasteiger partial charge is 0.394 e. The molecular formula is C9H18N2O3. The lowest BCUT2D eigenvalue weighted by Crippen LogP contribution is -2.40. The number of amides is 1. The molecule has 14 heavy (non-hydrogen) atoms. The van der Waals surface area contributed by atoms with Crippen molar-refractivity contribution in [2.45, 2.75) is 18.9 Å². The van der Waals surface area contributed by atoms with Crippen LogP contribution in [0.25, 0.3) is 0 Å². The van der Waals surface area contributed by atoms with E-state index in [1.165, 1.54) is 0 Å². The zero-order valence-electron chi connectivity index (χ0n) is 8.20. The Morgan fingerprint density at radius 2 is 2.21 bits per heavy atom. The van der Waals surface area contributed by atoms with E-state index in [1.807, 2.05) is 0 Å². The van der Waals surface area contributed by atoms with Crippen LogP contribution in [-0.4, -0.2) is 48.5 Å². The Morgan fingerprint density at radius 3 is 2.71 bits per heavy atom. The third-order valence-corrected chi connectivity index (χ3v) is 2.44. The first-order valence-corrected chi connectivity index (χ1v) is 4.98. The lowest BCUT2D eigenvalue weighted by molar-refractivity contribution is -0.123. The number of carbonyl (C=O) groups excluding carboxylic acids is 1. The maximum absolute atomic E-state index is 11.4. The molecule has 0 aromatic carbocycles. The van der Waals surface area contributed by atoms with Gasteiger partial charge in [0.1, 0.15) is 0 Å². The molecule has 5 nitrogen and oxygen atoms in total. The summed E-state index contributed by atoms with van der Waals surface area (Å²) in [4.78, 5) is 11.4. The van der Waals surface area contributed by atoms with Crippen LogP contribution in [0.15, 0.2) is 0 Å². The van der Waals surface area contributed by atoms with Gasteiger partial charge in [0.2, 0.25) is 5.91 Å². The molecule has 1 saturated heterocycles. The van der Waals surface area contributed by atoms with Crippen LogP contribution in [0.2, 0.25) is 0 Å². The van der Waals surface area contributed by atoms with E-state index in [4.69, 9.17) is 10.2 Å². The summed E-state index contributed by atoms with van der Waals surface area (Å²) in [7, 11) is 0. The van der Waals surface area contributed by atoms with Gasteiger partial charge in [0.05, 0.1) is 19.3 Å². The molecule has 1 fully saturated rings. The Bertz CT molecular complexity index is 171. The molecule has 1 atom stereocenters. The lowest BCUT2D eigenvalue weighted by atomic mass is 10.0. The molecule has 1 aliphatic heterocycles. The number of aliphatic hydroxyl groups is 2. The van der Waals surface area contributed by atoms with Crippen LogP contribution >= 0.6 is 0 Å². The van der Waals surface area contributed by atoms with Gasteiger partial charge in [-0.2, -0.15) is 0 Å². The van der Waals surface area contributed by atoms with Gasteiger partial charge < -0.3 is 20.8 Å². The van der Waals surface area contributed by atoms with E-state index in [0.29, 0.717) is 12.3 Å². The molecule has 1 heterocycles. The van der Waals surface area contributed by atoms with Gasteiger partial charge in [0.25, 0.3) is 0 Å². The van der Waals surface area contributed by atoms with Gasteiger partial charge in [-0.1, -0.05) is 0 Å². The van der Waals surface area contributed by atoms with Crippen molar-refractivity contribution in [3.05, 3.63) is 0 Å². The predicted octanol–water partition coefficient (Wildman–Crippen LogP) is -1.54. The normalized spacial score (nSPS) is 21.5. The van der Waals surface area contributed by atoms with E-state index < -0.39 is 6.04 Å². The number of rotatable bonds is 5. The Kier molecular flexibility index (Phi) is 4.86. The van der Waals surface area contributed by atoms with E-state index in [-0.39, 0.29) is 19.1 Å². The van der Waals surface area contributed by atoms with E-state index in [0.717, 1.165) is 19.5 Å². The van der Waals surface area contributed by atoms with Crippen molar-refractivity contribution in [3.63, 3.8) is 0 Å². The minimum Gasteiger partial charge on any atom is -0.394 e. The SMILES string of the molecule is O=C(CC1CCNC1)NC(CO)CO. The van der Waals surface area contributed by atoms with Crippen LogP contribution in [0.1, 0.15) is 12.8 Å². The van der Waals surface area contributed by atoms with Gasteiger partial charge in [-0.05, 0) is 25.4 Å². The Morgan fingerprint density at radius 1 is 1.50 bits per heavy atom. The summed E-state index contributed by atoms with van der Waals surface area (Å²) in [5.41, 5.74) is 0. The van der Waals surface area contributed by atoms with Crippen molar-refractivity contribution >= 4 is 5.91 Å². The smallest absolute Gasteiger partial charge is 0.220 e. The second-order valence-corrected chi connectivity index (χ2v) is 3.69. The average molecular weight is 202 g/mol. The quantitative estimate of drug-likeness (QED) is 0.435. The average Bonchev–Trinajstić information content (AvgIpc) is 2.66. The van der Waals surface area contributed by atoms with E-state index in [2.05, 4.69) is 10.6 Å². The topological polar surface area (TPSA) is 81.6 Å². The van der Waals surface area contributed by atoms with Gasteiger partial charge in [0.15, 0.2) is 0 Å². The molecule has 82 valence electrons. The van der Waals surface area contributed by atoms with Crippen LogP contribution in [0.3, 0.4) is 0 Å². The Balaban J connectivity index is 2.20. The van der Waals surface area contributed by atoms with Crippen molar-refractivity contribution in [3.8, 4) is 0 Å². The molecule has 1 amide bonds. The maximum atomic E-state index is 11.4. The van der Waals surface area contributed by atoms with Crippen LogP contribution < -0.4 is 10.6 Å². The van der Waals surface area contributed by atoms with Gasteiger partial charge >= 0.3 is 0 Å². The molecule has 5 heteroatoms. The highest BCUT2D eigenvalue weighted by Crippen LogP contribution is 2.11. The molecule has 1 aliphatic rings. The second kappa shape index (κ2) is 5.95. The molecular weight excluding hydrogens is 184 g/mol. The number of hydrogen-bond donors (Lipinski definition) is 4. The fraction of sp³-hybridized carbons (Fsp3) is 0.889. The second-order valence-electron chi connectivity index (χ2n) is 3.69. The molecule has 0 bridgehead atoms. The maximum Gasteiger partial charge on any atom is 0.220 e. The molecule has 1 rings (SSSR count). The standard InChI is InChI=1S/C9H18N2O3/c12-5-8(6-13)11-9(14)3-7-1-2-10-4-7/h7-8,10,12-13H,1-6H2,(H,11,14). The monoisotopic (exact) mass is 202 g/mol. The molecule has 0 aliphatic carbocycles. The highest BCUT2D eigenvalue weighted by atomic mass is 16.3. The van der Waals surface area contributed by atoms with Gasteiger partial charge in [0, 0.05) is 6.42 Å². The van der Waals surface area contributed by atoms with Gasteiger partial charge in [-0.25, -0.2) is 0 Å². The summed E-state index contributed by atoms with van der Waals surface area (Å²) in [6.45, 7) is 1.42. The third kappa shape index (κ3) is 3.61. The Hall–Kier alpha value is -0.650. The lowest BCUT2D eigenvalue weighted by Gasteiger charge is -2.14. The highest BCUT2D eigenvalue weighted by molar-refractivity contribution is 5.76. The summed E-state index contributed by atoms with van der Waals surface area (Å²) in [6.07, 6.45) is 1.50. The molecule has 0 spiro atoms. The molecule has 4 N–H and O–H groups in total. The zero-order valence-corrected chi connectivity index (χ0v) is 8.20. The van der Waals surface area contributed by atoms with E-state index >= 15 is 0 Å². The van der Waals surface area contributed by atoms with Crippen LogP contribution in [0.5, 0.6) is 0 Å². The van der Waals surface area contributed by atoms with Crippen molar-refractivity contribution in [2.75, 3.05) is 26.3 Å². The predicted molar refractivity (Wildman–Crippen MR) is 51.7 cm³/mol. The molecule has 0 radical (unpaired) electrons. The number of carbonyl (C=O) groups is 1. The van der Waals surface area contributed by atoms with Crippen molar-refractivity contribution < 1.29 is 15.0 Å². The molecule has 0 aromatic rings. The first kappa shape index (κ1) is 11.4. The first-order chi connectivity index (χ1) is 6.76. The summed E-state index contributed by atoms with van der Waals surface area (Å²) < 4.78 is 0. The Labute approximate surface area is 83.5 Å². The van der Waals surface area contributed by atoms with E-state index in [9.17, 15) is 4.79 Å². The fourth-order valence-corrected chi connectivity index (χ4v) is 1.59. The fourth-order valence-electron chi connectivity index (χ4n) is 1.59. The van der Waals surface area contributed by atoms with Crippen LogP contribution in [-0.2, 0) is 4.79 Å². The minimum atomic E-state index is -0.517.